The van der Waals surface area contributed by atoms with Gasteiger partial charge in [0.15, 0.2) is 0 Å². The summed E-state index contributed by atoms with van der Waals surface area (Å²) in [5.41, 5.74) is 0.293. The van der Waals surface area contributed by atoms with Crippen LogP contribution >= 0.6 is 0 Å². The van der Waals surface area contributed by atoms with E-state index in [1.807, 2.05) is 0 Å². The molecule has 0 spiro atoms. The van der Waals surface area contributed by atoms with E-state index in [-0.39, 0.29) is 0 Å². The highest BCUT2D eigenvalue weighted by Crippen LogP contribution is 2.33. The number of nitrogens with zero attached hydrogens (tertiary/aromatic N) is 1. The molecule has 2 fully saturated rings. The fraction of sp³-hybridized carbons (Fsp3) is 1.00. The summed E-state index contributed by atoms with van der Waals surface area (Å²) in [7, 11) is 1.80. The number of nitrogens with one attached hydrogen (secondary N) is 1. The number of fused-ring (bicyclic) bond motifs is 1. The summed E-state index contributed by atoms with van der Waals surface area (Å²) in [6.45, 7) is 8.82. The third kappa shape index (κ3) is 3.94. The van der Waals surface area contributed by atoms with Gasteiger partial charge in [0.25, 0.3) is 0 Å². The molecule has 1 N–H and O–H groups in total. The highest BCUT2D eigenvalue weighted by atomic mass is 16.7. The van der Waals surface area contributed by atoms with Crippen molar-refractivity contribution < 1.29 is 4.84 Å². The molecule has 3 unspecified atom stereocenters. The zero-order valence-electron chi connectivity index (χ0n) is 12.5. The highest BCUT2D eigenvalue weighted by molar-refractivity contribution is 4.93. The average molecular weight is 254 g/mol. The predicted molar refractivity (Wildman–Crippen MR) is 75.3 cm³/mol. The van der Waals surface area contributed by atoms with E-state index in [0.29, 0.717) is 11.5 Å². The van der Waals surface area contributed by atoms with E-state index in [1.54, 1.807) is 7.11 Å². The molecule has 0 aromatic rings. The second kappa shape index (κ2) is 5.89. The van der Waals surface area contributed by atoms with E-state index in [9.17, 15) is 0 Å². The Morgan fingerprint density at radius 3 is 2.56 bits per heavy atom. The first-order valence-corrected chi connectivity index (χ1v) is 7.53. The van der Waals surface area contributed by atoms with Crippen molar-refractivity contribution in [1.29, 1.82) is 0 Å². The first-order valence-electron chi connectivity index (χ1n) is 7.53. The third-order valence-electron chi connectivity index (χ3n) is 4.28. The van der Waals surface area contributed by atoms with Crippen LogP contribution in [0.4, 0.5) is 0 Å². The zero-order valence-corrected chi connectivity index (χ0v) is 12.5. The fourth-order valence-electron chi connectivity index (χ4n) is 3.55. The second-order valence-corrected chi connectivity index (χ2v) is 7.32. The summed E-state index contributed by atoms with van der Waals surface area (Å²) in [5.74, 6) is 0.928. The minimum atomic E-state index is 0.293. The van der Waals surface area contributed by atoms with Crippen LogP contribution in [0.25, 0.3) is 0 Å². The lowest BCUT2D eigenvalue weighted by molar-refractivity contribution is -0.150. The van der Waals surface area contributed by atoms with E-state index in [4.69, 9.17) is 4.84 Å². The van der Waals surface area contributed by atoms with E-state index < -0.39 is 0 Å². The van der Waals surface area contributed by atoms with E-state index >= 15 is 0 Å². The molecule has 3 atom stereocenters. The first kappa shape index (κ1) is 14.3. The Morgan fingerprint density at radius 1 is 1.22 bits per heavy atom. The highest BCUT2D eigenvalue weighted by Gasteiger charge is 2.35. The van der Waals surface area contributed by atoms with Crippen LogP contribution in [0.2, 0.25) is 0 Å². The van der Waals surface area contributed by atoms with Gasteiger partial charge in [0.2, 0.25) is 0 Å². The molecule has 2 rings (SSSR count). The quantitative estimate of drug-likeness (QED) is 0.781. The maximum atomic E-state index is 5.53. The molecule has 1 aliphatic carbocycles. The summed E-state index contributed by atoms with van der Waals surface area (Å²) in [4.78, 5) is 5.53. The average Bonchev–Trinajstić information content (AvgIpc) is 2.68. The van der Waals surface area contributed by atoms with Gasteiger partial charge in [-0.25, -0.2) is 0 Å². The van der Waals surface area contributed by atoms with Crippen LogP contribution < -0.4 is 5.32 Å². The van der Waals surface area contributed by atoms with Gasteiger partial charge in [0.05, 0.1) is 7.11 Å². The SMILES string of the molecule is CON(CC1CC2CCCCC2N1)CC(C)(C)C. The summed E-state index contributed by atoms with van der Waals surface area (Å²) in [6.07, 6.45) is 7.00. The fourth-order valence-corrected chi connectivity index (χ4v) is 3.55. The van der Waals surface area contributed by atoms with Crippen molar-refractivity contribution in [2.45, 2.75) is 65.0 Å². The van der Waals surface area contributed by atoms with Crippen molar-refractivity contribution in [3.63, 3.8) is 0 Å². The Kier molecular flexibility index (Phi) is 4.68. The number of hydrogen-bond donors (Lipinski definition) is 1. The normalized spacial score (nSPS) is 32.8. The van der Waals surface area contributed by atoms with E-state index in [0.717, 1.165) is 25.0 Å². The molecule has 0 radical (unpaired) electrons. The third-order valence-corrected chi connectivity index (χ3v) is 4.28. The molecule has 1 heterocycles. The number of hydroxylamine groups is 2. The smallest absolute Gasteiger partial charge is 0.0575 e. The van der Waals surface area contributed by atoms with Crippen LogP contribution in [0, 0.1) is 11.3 Å². The molecule has 0 amide bonds. The Labute approximate surface area is 112 Å². The van der Waals surface area contributed by atoms with Crippen LogP contribution in [-0.4, -0.2) is 37.3 Å². The lowest BCUT2D eigenvalue weighted by Gasteiger charge is -2.30. The minimum absolute atomic E-state index is 0.293. The molecular formula is C15H30N2O. The van der Waals surface area contributed by atoms with Gasteiger partial charge in [-0.1, -0.05) is 33.6 Å². The number of rotatable bonds is 4. The summed E-state index contributed by atoms with van der Waals surface area (Å²) < 4.78 is 0. The van der Waals surface area contributed by atoms with Gasteiger partial charge in [-0.3, -0.25) is 0 Å². The lowest BCUT2D eigenvalue weighted by atomic mass is 9.85. The molecule has 1 saturated heterocycles. The molecule has 1 saturated carbocycles. The molecule has 3 nitrogen and oxygen atoms in total. The van der Waals surface area contributed by atoms with Gasteiger partial charge in [0.1, 0.15) is 0 Å². The van der Waals surface area contributed by atoms with Crippen LogP contribution in [0.3, 0.4) is 0 Å². The standard InChI is InChI=1S/C15H30N2O/c1-15(2,3)11-17(18-4)10-13-9-12-7-5-6-8-14(12)16-13/h12-14,16H,5-11H2,1-4H3. The van der Waals surface area contributed by atoms with E-state index in [2.05, 4.69) is 31.2 Å². The summed E-state index contributed by atoms with van der Waals surface area (Å²) in [5, 5.41) is 5.96. The molecule has 106 valence electrons. The lowest BCUT2D eigenvalue weighted by Crippen LogP contribution is -2.42. The van der Waals surface area contributed by atoms with Crippen molar-refractivity contribution in [2.24, 2.45) is 11.3 Å². The monoisotopic (exact) mass is 254 g/mol. The van der Waals surface area contributed by atoms with Crippen molar-refractivity contribution >= 4 is 0 Å². The van der Waals surface area contributed by atoms with Gasteiger partial charge >= 0.3 is 0 Å². The van der Waals surface area contributed by atoms with Crippen molar-refractivity contribution in [3.05, 3.63) is 0 Å². The minimum Gasteiger partial charge on any atom is -0.310 e. The van der Waals surface area contributed by atoms with Gasteiger partial charge in [0, 0.05) is 25.2 Å². The molecule has 0 aromatic heterocycles. The molecule has 18 heavy (non-hydrogen) atoms. The molecule has 0 aromatic carbocycles. The predicted octanol–water partition coefficient (Wildman–Crippen LogP) is 2.82. The molecule has 3 heteroatoms. The topological polar surface area (TPSA) is 24.5 Å². The molecule has 2 aliphatic rings. The first-order chi connectivity index (χ1) is 8.48. The van der Waals surface area contributed by atoms with Gasteiger partial charge in [-0.05, 0) is 30.6 Å². The largest absolute Gasteiger partial charge is 0.310 e. The maximum Gasteiger partial charge on any atom is 0.0575 e. The molecule has 0 bridgehead atoms. The number of hydrogen-bond acceptors (Lipinski definition) is 3. The van der Waals surface area contributed by atoms with Gasteiger partial charge in [-0.15, -0.1) is 0 Å². The summed E-state index contributed by atoms with van der Waals surface area (Å²) in [6, 6.07) is 1.41. The van der Waals surface area contributed by atoms with Crippen molar-refractivity contribution in [3.8, 4) is 0 Å². The Morgan fingerprint density at radius 2 is 1.94 bits per heavy atom. The Balaban J connectivity index is 1.81. The van der Waals surface area contributed by atoms with Gasteiger partial charge in [-0.2, -0.15) is 5.06 Å². The van der Waals surface area contributed by atoms with Gasteiger partial charge < -0.3 is 10.2 Å². The van der Waals surface area contributed by atoms with Crippen LogP contribution in [0.15, 0.2) is 0 Å². The van der Waals surface area contributed by atoms with E-state index in [1.165, 1.54) is 32.1 Å². The second-order valence-electron chi connectivity index (χ2n) is 7.32. The Bertz CT molecular complexity index is 248. The Hall–Kier alpha value is -0.120. The zero-order chi connectivity index (χ0) is 13.2. The summed E-state index contributed by atoms with van der Waals surface area (Å²) >= 11 is 0. The van der Waals surface area contributed by atoms with Crippen molar-refractivity contribution in [2.75, 3.05) is 20.2 Å². The molecule has 1 aliphatic heterocycles. The maximum absolute atomic E-state index is 5.53. The van der Waals surface area contributed by atoms with Crippen molar-refractivity contribution in [1.82, 2.24) is 10.4 Å². The molecular weight excluding hydrogens is 224 g/mol. The van der Waals surface area contributed by atoms with Crippen LogP contribution in [-0.2, 0) is 4.84 Å². The van der Waals surface area contributed by atoms with Crippen LogP contribution in [0.5, 0.6) is 0 Å². The van der Waals surface area contributed by atoms with Crippen LogP contribution in [0.1, 0.15) is 52.9 Å².